The maximum Gasteiger partial charge on any atom is 0.311 e. The van der Waals surface area contributed by atoms with Gasteiger partial charge in [0.25, 0.3) is 0 Å². The Labute approximate surface area is 142 Å². The van der Waals surface area contributed by atoms with Gasteiger partial charge in [0.15, 0.2) is 0 Å². The first-order chi connectivity index (χ1) is 11.5. The van der Waals surface area contributed by atoms with Gasteiger partial charge in [0.1, 0.15) is 5.82 Å². The van der Waals surface area contributed by atoms with Gasteiger partial charge < -0.3 is 5.11 Å². The Kier molecular flexibility index (Phi) is 5.01. The molecule has 0 saturated carbocycles. The topological polar surface area (TPSA) is 43.8 Å². The van der Waals surface area contributed by atoms with E-state index in [0.29, 0.717) is 6.54 Å². The molecule has 130 valence electrons. The molecule has 1 aromatic carbocycles. The highest BCUT2D eigenvalue weighted by Crippen LogP contribution is 2.43. The SMILES string of the molecule is C=CCN1C[C@H]2CN(Cc3ccc(F)cc3)CCC[C@@]2(C(=O)O)C1. The largest absolute Gasteiger partial charge is 0.481 e. The minimum atomic E-state index is -0.664. The van der Waals surface area contributed by atoms with Crippen LogP contribution in [-0.4, -0.2) is 53.6 Å². The van der Waals surface area contributed by atoms with E-state index in [9.17, 15) is 14.3 Å². The molecule has 3 rings (SSSR count). The van der Waals surface area contributed by atoms with Gasteiger partial charge >= 0.3 is 5.97 Å². The van der Waals surface area contributed by atoms with Crippen molar-refractivity contribution in [3.8, 4) is 0 Å². The molecule has 24 heavy (non-hydrogen) atoms. The van der Waals surface area contributed by atoms with Crippen molar-refractivity contribution in [1.29, 1.82) is 0 Å². The van der Waals surface area contributed by atoms with Gasteiger partial charge in [-0.05, 0) is 37.1 Å². The molecule has 5 heteroatoms. The summed E-state index contributed by atoms with van der Waals surface area (Å²) in [5, 5.41) is 9.90. The summed E-state index contributed by atoms with van der Waals surface area (Å²) < 4.78 is 13.1. The molecule has 0 spiro atoms. The van der Waals surface area contributed by atoms with Crippen molar-refractivity contribution in [3.63, 3.8) is 0 Å². The van der Waals surface area contributed by atoms with Crippen molar-refractivity contribution in [3.05, 3.63) is 48.3 Å². The summed E-state index contributed by atoms with van der Waals surface area (Å²) in [6, 6.07) is 6.58. The van der Waals surface area contributed by atoms with Crippen LogP contribution >= 0.6 is 0 Å². The number of carboxylic acid groups (broad SMARTS) is 1. The highest BCUT2D eigenvalue weighted by Gasteiger charge is 2.52. The smallest absolute Gasteiger partial charge is 0.311 e. The van der Waals surface area contributed by atoms with Crippen LogP contribution in [0.15, 0.2) is 36.9 Å². The van der Waals surface area contributed by atoms with Gasteiger partial charge in [0.05, 0.1) is 5.41 Å². The van der Waals surface area contributed by atoms with Crippen LogP contribution in [0.5, 0.6) is 0 Å². The summed E-state index contributed by atoms with van der Waals surface area (Å²) in [5.74, 6) is -0.768. The number of hydrogen-bond acceptors (Lipinski definition) is 3. The highest BCUT2D eigenvalue weighted by molar-refractivity contribution is 5.76. The quantitative estimate of drug-likeness (QED) is 0.842. The van der Waals surface area contributed by atoms with E-state index in [1.165, 1.54) is 12.1 Å². The van der Waals surface area contributed by atoms with Gasteiger partial charge in [-0.25, -0.2) is 4.39 Å². The van der Waals surface area contributed by atoms with Crippen LogP contribution in [0, 0.1) is 17.2 Å². The fraction of sp³-hybridized carbons (Fsp3) is 0.526. The van der Waals surface area contributed by atoms with Crippen molar-refractivity contribution in [2.75, 3.05) is 32.7 Å². The summed E-state index contributed by atoms with van der Waals surface area (Å²) >= 11 is 0. The lowest BCUT2D eigenvalue weighted by Gasteiger charge is -2.29. The number of aliphatic carboxylic acids is 1. The first kappa shape index (κ1) is 17.1. The number of likely N-dealkylation sites (tertiary alicyclic amines) is 2. The second kappa shape index (κ2) is 7.03. The number of carbonyl (C=O) groups is 1. The van der Waals surface area contributed by atoms with E-state index >= 15 is 0 Å². The van der Waals surface area contributed by atoms with E-state index in [0.717, 1.165) is 51.1 Å². The molecule has 0 aromatic heterocycles. The second-order valence-corrected chi connectivity index (χ2v) is 7.11. The lowest BCUT2D eigenvalue weighted by atomic mass is 9.75. The van der Waals surface area contributed by atoms with Crippen molar-refractivity contribution >= 4 is 5.97 Å². The van der Waals surface area contributed by atoms with Gasteiger partial charge in [0, 0.05) is 38.6 Å². The highest BCUT2D eigenvalue weighted by atomic mass is 19.1. The summed E-state index contributed by atoms with van der Waals surface area (Å²) in [7, 11) is 0. The van der Waals surface area contributed by atoms with E-state index in [4.69, 9.17) is 0 Å². The molecular weight excluding hydrogens is 307 g/mol. The summed E-state index contributed by atoms with van der Waals surface area (Å²) in [5.41, 5.74) is 0.431. The standard InChI is InChI=1S/C19H25FN2O2/c1-2-9-22-13-16-12-21(11-15-4-6-17(20)7-5-15)10-3-8-19(16,14-22)18(23)24/h2,4-7,16H,1,3,8-14H2,(H,23,24)/t16-,19-/m1/s1. The minimum Gasteiger partial charge on any atom is -0.481 e. The number of halogens is 1. The summed E-state index contributed by atoms with van der Waals surface area (Å²) in [6.45, 7) is 8.35. The molecule has 2 aliphatic heterocycles. The van der Waals surface area contributed by atoms with Crippen molar-refractivity contribution < 1.29 is 14.3 Å². The Morgan fingerprint density at radius 2 is 2.04 bits per heavy atom. The van der Waals surface area contributed by atoms with Gasteiger partial charge in [-0.15, -0.1) is 6.58 Å². The molecule has 2 atom stereocenters. The van der Waals surface area contributed by atoms with Gasteiger partial charge in [-0.3, -0.25) is 14.6 Å². The van der Waals surface area contributed by atoms with Crippen molar-refractivity contribution in [1.82, 2.24) is 9.80 Å². The second-order valence-electron chi connectivity index (χ2n) is 7.11. The zero-order chi connectivity index (χ0) is 17.2. The van der Waals surface area contributed by atoms with E-state index in [-0.39, 0.29) is 11.7 Å². The average molecular weight is 332 g/mol. The average Bonchev–Trinajstić information content (AvgIpc) is 2.79. The molecule has 0 aliphatic carbocycles. The molecule has 2 heterocycles. The van der Waals surface area contributed by atoms with Crippen LogP contribution in [-0.2, 0) is 11.3 Å². The Hall–Kier alpha value is -1.72. The summed E-state index contributed by atoms with van der Waals surface area (Å²) in [4.78, 5) is 16.6. The number of rotatable bonds is 5. The Morgan fingerprint density at radius 3 is 2.71 bits per heavy atom. The minimum absolute atomic E-state index is 0.123. The lowest BCUT2D eigenvalue weighted by Crippen LogP contribution is -2.41. The lowest BCUT2D eigenvalue weighted by molar-refractivity contribution is -0.150. The first-order valence-corrected chi connectivity index (χ1v) is 8.57. The number of carboxylic acids is 1. The van der Waals surface area contributed by atoms with Gasteiger partial charge in [0.2, 0.25) is 0 Å². The molecule has 1 N–H and O–H groups in total. The normalized spacial score (nSPS) is 28.3. The zero-order valence-corrected chi connectivity index (χ0v) is 14.0. The predicted octanol–water partition coefficient (Wildman–Crippen LogP) is 2.61. The van der Waals surface area contributed by atoms with Gasteiger partial charge in [-0.2, -0.15) is 0 Å². The number of nitrogens with zero attached hydrogens (tertiary/aromatic N) is 2. The number of benzene rings is 1. The third-order valence-electron chi connectivity index (χ3n) is 5.47. The number of hydrogen-bond donors (Lipinski definition) is 1. The van der Waals surface area contributed by atoms with Crippen LogP contribution in [0.4, 0.5) is 4.39 Å². The fourth-order valence-corrected chi connectivity index (χ4v) is 4.28. The van der Waals surface area contributed by atoms with Crippen LogP contribution < -0.4 is 0 Å². The molecule has 2 aliphatic rings. The summed E-state index contributed by atoms with van der Waals surface area (Å²) in [6.07, 6.45) is 3.45. The van der Waals surface area contributed by atoms with E-state index < -0.39 is 11.4 Å². The van der Waals surface area contributed by atoms with E-state index in [1.807, 2.05) is 18.2 Å². The van der Waals surface area contributed by atoms with Crippen LogP contribution in [0.2, 0.25) is 0 Å². The zero-order valence-electron chi connectivity index (χ0n) is 14.0. The van der Waals surface area contributed by atoms with Crippen molar-refractivity contribution in [2.24, 2.45) is 11.3 Å². The Morgan fingerprint density at radius 1 is 1.33 bits per heavy atom. The van der Waals surface area contributed by atoms with Crippen LogP contribution in [0.25, 0.3) is 0 Å². The first-order valence-electron chi connectivity index (χ1n) is 8.57. The monoisotopic (exact) mass is 332 g/mol. The van der Waals surface area contributed by atoms with Crippen LogP contribution in [0.1, 0.15) is 18.4 Å². The van der Waals surface area contributed by atoms with Gasteiger partial charge in [-0.1, -0.05) is 18.2 Å². The maximum absolute atomic E-state index is 13.1. The molecule has 0 radical (unpaired) electrons. The number of fused-ring (bicyclic) bond motifs is 1. The molecule has 2 fully saturated rings. The molecule has 4 nitrogen and oxygen atoms in total. The molecule has 0 unspecified atom stereocenters. The Bertz CT molecular complexity index is 604. The van der Waals surface area contributed by atoms with E-state index in [2.05, 4.69) is 16.4 Å². The molecule has 0 bridgehead atoms. The molecule has 2 saturated heterocycles. The Balaban J connectivity index is 1.74. The fourth-order valence-electron chi connectivity index (χ4n) is 4.28. The molecule has 0 amide bonds. The molecule has 1 aromatic rings. The van der Waals surface area contributed by atoms with Crippen molar-refractivity contribution in [2.45, 2.75) is 19.4 Å². The maximum atomic E-state index is 13.1. The third-order valence-corrected chi connectivity index (χ3v) is 5.47. The molecular formula is C19H25FN2O2. The van der Waals surface area contributed by atoms with E-state index in [1.54, 1.807) is 0 Å². The predicted molar refractivity (Wildman–Crippen MR) is 91.1 cm³/mol. The third kappa shape index (κ3) is 3.37. The van der Waals surface area contributed by atoms with Crippen LogP contribution in [0.3, 0.4) is 0 Å².